The van der Waals surface area contributed by atoms with E-state index in [-0.39, 0.29) is 0 Å². The molecule has 0 aliphatic heterocycles. The molecule has 0 fully saturated rings. The van der Waals surface area contributed by atoms with Gasteiger partial charge in [-0.2, -0.15) is 0 Å². The quantitative estimate of drug-likeness (QED) is 0.541. The molecule has 0 rings (SSSR count). The van der Waals surface area contributed by atoms with Crippen LogP contribution in [-0.4, -0.2) is 12.8 Å². The molecule has 0 aromatic carbocycles. The third kappa shape index (κ3) is 3.01. The lowest BCUT2D eigenvalue weighted by Gasteiger charge is -1.91. The molecule has 0 bridgehead atoms. The molecule has 3 heteroatoms. The van der Waals surface area contributed by atoms with Crippen LogP contribution in [0.2, 0.25) is 0 Å². The van der Waals surface area contributed by atoms with Crippen molar-refractivity contribution in [2.75, 3.05) is 7.05 Å². The minimum Gasteiger partial charge on any atom is -0.393 e. The van der Waals surface area contributed by atoms with E-state index in [0.29, 0.717) is 5.71 Å². The van der Waals surface area contributed by atoms with Gasteiger partial charge in [0.1, 0.15) is 0 Å². The Balaban J connectivity index is 3.80. The van der Waals surface area contributed by atoms with Gasteiger partial charge in [-0.15, -0.1) is 0 Å². The fraction of sp³-hybridized carbons (Fsp3) is 0.400. The molecule has 0 aromatic heterocycles. The lowest BCUT2D eigenvalue weighted by atomic mass is 10.4. The zero-order valence-electron chi connectivity index (χ0n) is 4.96. The molecule has 0 atom stereocenters. The van der Waals surface area contributed by atoms with Crippen LogP contribution in [0.5, 0.6) is 0 Å². The Hall–Kier alpha value is -0.0600. The van der Waals surface area contributed by atoms with Crippen LogP contribution in [0, 0.1) is 5.41 Å². The van der Waals surface area contributed by atoms with Crippen molar-refractivity contribution in [3.05, 3.63) is 9.78 Å². The summed E-state index contributed by atoms with van der Waals surface area (Å²) >= 11 is 2.11. The second-order valence-electron chi connectivity index (χ2n) is 1.41. The highest BCUT2D eigenvalue weighted by molar-refractivity contribution is 14.1. The summed E-state index contributed by atoms with van der Waals surface area (Å²) in [6.07, 6.45) is 1.79. The molecular weight excluding hydrogens is 215 g/mol. The van der Waals surface area contributed by atoms with Crippen molar-refractivity contribution in [2.45, 2.75) is 6.92 Å². The van der Waals surface area contributed by atoms with Gasteiger partial charge in [0.2, 0.25) is 0 Å². The summed E-state index contributed by atoms with van der Waals surface area (Å²) in [5.41, 5.74) is 0.597. The van der Waals surface area contributed by atoms with Crippen molar-refractivity contribution < 1.29 is 0 Å². The number of hydrogen-bond donors (Lipinski definition) is 2. The lowest BCUT2D eigenvalue weighted by molar-refractivity contribution is 1.10. The number of halogens is 1. The van der Waals surface area contributed by atoms with E-state index < -0.39 is 0 Å². The van der Waals surface area contributed by atoms with Crippen LogP contribution in [0.3, 0.4) is 0 Å². The Labute approximate surface area is 63.0 Å². The lowest BCUT2D eigenvalue weighted by Crippen LogP contribution is -1.97. The Bertz CT molecular complexity index is 118. The smallest absolute Gasteiger partial charge is 0.0491 e. The van der Waals surface area contributed by atoms with Crippen molar-refractivity contribution in [1.29, 1.82) is 5.41 Å². The average Bonchev–Trinajstić information content (AvgIpc) is 1.67. The monoisotopic (exact) mass is 224 g/mol. The van der Waals surface area contributed by atoms with Gasteiger partial charge in [-0.25, -0.2) is 0 Å². The van der Waals surface area contributed by atoms with Crippen LogP contribution in [0.1, 0.15) is 6.92 Å². The van der Waals surface area contributed by atoms with E-state index in [9.17, 15) is 0 Å². The predicted octanol–water partition coefficient (Wildman–Crippen LogP) is 1.52. The largest absolute Gasteiger partial charge is 0.393 e. The second kappa shape index (κ2) is 3.88. The summed E-state index contributed by atoms with van der Waals surface area (Å²) in [5.74, 6) is 0. The topological polar surface area (TPSA) is 35.9 Å². The molecule has 0 unspecified atom stereocenters. The average molecular weight is 224 g/mol. The first-order valence-electron chi connectivity index (χ1n) is 2.27. The molecule has 0 saturated carbocycles. The maximum atomic E-state index is 7.09. The highest BCUT2D eigenvalue weighted by Gasteiger charge is 1.88. The molecule has 0 spiro atoms. The van der Waals surface area contributed by atoms with Gasteiger partial charge in [0.05, 0.1) is 0 Å². The van der Waals surface area contributed by atoms with E-state index in [1.807, 2.05) is 7.05 Å². The summed E-state index contributed by atoms with van der Waals surface area (Å²) in [5, 5.41) is 9.93. The number of allylic oxidation sites excluding steroid dienone is 1. The van der Waals surface area contributed by atoms with Crippen LogP contribution >= 0.6 is 22.6 Å². The van der Waals surface area contributed by atoms with Crippen LogP contribution in [0.15, 0.2) is 9.78 Å². The summed E-state index contributed by atoms with van der Waals surface area (Å²) in [4.78, 5) is 0. The van der Waals surface area contributed by atoms with Gasteiger partial charge in [-0.1, -0.05) is 0 Å². The molecule has 0 heterocycles. The van der Waals surface area contributed by atoms with Gasteiger partial charge < -0.3 is 10.7 Å². The van der Waals surface area contributed by atoms with E-state index in [1.54, 1.807) is 13.1 Å². The Kier molecular flexibility index (Phi) is 3.85. The van der Waals surface area contributed by atoms with Crippen LogP contribution in [0.25, 0.3) is 0 Å². The van der Waals surface area contributed by atoms with Crippen molar-refractivity contribution >= 4 is 28.3 Å². The van der Waals surface area contributed by atoms with Gasteiger partial charge in [-0.05, 0) is 29.5 Å². The molecule has 0 amide bonds. The van der Waals surface area contributed by atoms with Gasteiger partial charge in [0.25, 0.3) is 0 Å². The molecule has 2 nitrogen and oxygen atoms in total. The molecule has 2 N–H and O–H groups in total. The maximum absolute atomic E-state index is 7.09. The number of nitrogens with one attached hydrogen (secondary N) is 2. The van der Waals surface area contributed by atoms with Gasteiger partial charge >= 0.3 is 0 Å². The zero-order chi connectivity index (χ0) is 6.57. The van der Waals surface area contributed by atoms with Crippen molar-refractivity contribution in [1.82, 2.24) is 5.32 Å². The second-order valence-corrected chi connectivity index (χ2v) is 2.57. The van der Waals surface area contributed by atoms with E-state index in [4.69, 9.17) is 5.41 Å². The molecule has 0 aromatic rings. The van der Waals surface area contributed by atoms with Gasteiger partial charge in [0.15, 0.2) is 0 Å². The predicted molar refractivity (Wildman–Crippen MR) is 44.6 cm³/mol. The zero-order valence-corrected chi connectivity index (χ0v) is 7.11. The molecule has 0 radical (unpaired) electrons. The first-order valence-corrected chi connectivity index (χ1v) is 3.35. The minimum atomic E-state index is 0.597. The van der Waals surface area contributed by atoms with Crippen molar-refractivity contribution in [3.8, 4) is 0 Å². The minimum absolute atomic E-state index is 0.597. The molecular formula is C5H9IN2. The van der Waals surface area contributed by atoms with E-state index in [2.05, 4.69) is 27.9 Å². The first kappa shape index (κ1) is 7.94. The number of rotatable bonds is 2. The Morgan fingerprint density at radius 3 is 2.38 bits per heavy atom. The van der Waals surface area contributed by atoms with Crippen molar-refractivity contribution in [2.24, 2.45) is 0 Å². The normalized spacial score (nSPS) is 11.1. The number of hydrogen-bond acceptors (Lipinski definition) is 2. The van der Waals surface area contributed by atoms with Gasteiger partial charge in [0, 0.05) is 22.5 Å². The highest BCUT2D eigenvalue weighted by atomic mass is 127. The third-order valence-electron chi connectivity index (χ3n) is 0.629. The summed E-state index contributed by atoms with van der Waals surface area (Å²) in [6, 6.07) is 0. The fourth-order valence-electron chi connectivity index (χ4n) is 0.235. The highest BCUT2D eigenvalue weighted by Crippen LogP contribution is 2.03. The summed E-state index contributed by atoms with van der Waals surface area (Å²) < 4.78 is 0.949. The van der Waals surface area contributed by atoms with Crippen LogP contribution in [-0.2, 0) is 0 Å². The standard InChI is InChI=1S/C5H9IN2/c1-4(7)5(6)3-8-2/h3,7-8H,1-2H3/b5-3+,7-4?. The third-order valence-corrected chi connectivity index (χ3v) is 1.75. The van der Waals surface area contributed by atoms with E-state index in [0.717, 1.165) is 3.58 Å². The van der Waals surface area contributed by atoms with Crippen molar-refractivity contribution in [3.63, 3.8) is 0 Å². The summed E-state index contributed by atoms with van der Waals surface area (Å²) in [6.45, 7) is 1.76. The SMILES string of the molecule is CN/C=C(/I)C(C)=N. The van der Waals surface area contributed by atoms with E-state index >= 15 is 0 Å². The molecule has 46 valence electrons. The van der Waals surface area contributed by atoms with Gasteiger partial charge in [-0.3, -0.25) is 0 Å². The Morgan fingerprint density at radius 1 is 1.75 bits per heavy atom. The van der Waals surface area contributed by atoms with Crippen LogP contribution < -0.4 is 5.32 Å². The summed E-state index contributed by atoms with van der Waals surface area (Å²) in [7, 11) is 1.82. The fourth-order valence-corrected chi connectivity index (χ4v) is 0.546. The molecule has 0 aliphatic rings. The maximum Gasteiger partial charge on any atom is 0.0491 e. The molecule has 8 heavy (non-hydrogen) atoms. The van der Waals surface area contributed by atoms with Crippen LogP contribution in [0.4, 0.5) is 0 Å². The first-order chi connectivity index (χ1) is 3.68. The molecule has 0 saturated heterocycles. The molecule has 0 aliphatic carbocycles. The Morgan fingerprint density at radius 2 is 2.25 bits per heavy atom. The van der Waals surface area contributed by atoms with E-state index in [1.165, 1.54) is 0 Å².